The van der Waals surface area contributed by atoms with E-state index in [0.29, 0.717) is 12.8 Å². The summed E-state index contributed by atoms with van der Waals surface area (Å²) in [4.78, 5) is 20.8. The Balaban J connectivity index is 0. The molecule has 0 saturated heterocycles. The summed E-state index contributed by atoms with van der Waals surface area (Å²) >= 11 is 0. The standard InChI is InChI=1S/C8H10O4.2Li/c9-7(10)5-3-1-2-4-6(5)8(11)12;;/h1,3,5-6H,2,4H2,(H,9,10)(H,11,12);;/q;2*+1/p-2. The van der Waals surface area contributed by atoms with E-state index in [-0.39, 0.29) is 37.7 Å². The fourth-order valence-corrected chi connectivity index (χ4v) is 1.34. The maximum atomic E-state index is 10.4. The zero-order valence-corrected chi connectivity index (χ0v) is 8.36. The van der Waals surface area contributed by atoms with Crippen LogP contribution >= 0.6 is 0 Å². The molecular formula is C8H8Li2O4. The Hall–Kier alpha value is -0.125. The van der Waals surface area contributed by atoms with Crippen LogP contribution in [0.2, 0.25) is 0 Å². The van der Waals surface area contributed by atoms with Gasteiger partial charge in [0.15, 0.2) is 0 Å². The van der Waals surface area contributed by atoms with Crippen LogP contribution in [0.15, 0.2) is 12.2 Å². The van der Waals surface area contributed by atoms with Crippen molar-refractivity contribution < 1.29 is 57.5 Å². The van der Waals surface area contributed by atoms with Gasteiger partial charge in [-0.05, 0) is 12.8 Å². The van der Waals surface area contributed by atoms with Crippen molar-refractivity contribution in [3.63, 3.8) is 0 Å². The summed E-state index contributed by atoms with van der Waals surface area (Å²) in [6.07, 6.45) is 3.92. The van der Waals surface area contributed by atoms with Gasteiger partial charge in [0.2, 0.25) is 0 Å². The minimum absolute atomic E-state index is 0. The number of carbonyl (C=O) groups is 2. The van der Waals surface area contributed by atoms with Gasteiger partial charge in [0.25, 0.3) is 0 Å². The summed E-state index contributed by atoms with van der Waals surface area (Å²) in [7, 11) is 0. The van der Waals surface area contributed by atoms with E-state index in [4.69, 9.17) is 0 Å². The molecular weight excluding hydrogens is 174 g/mol. The molecule has 1 aliphatic rings. The normalized spacial score (nSPS) is 24.3. The molecule has 0 aliphatic heterocycles. The summed E-state index contributed by atoms with van der Waals surface area (Å²) < 4.78 is 0. The van der Waals surface area contributed by atoms with Crippen molar-refractivity contribution >= 4 is 11.9 Å². The molecule has 2 atom stereocenters. The smallest absolute Gasteiger partial charge is 0.550 e. The topological polar surface area (TPSA) is 80.3 Å². The molecule has 1 rings (SSSR count). The van der Waals surface area contributed by atoms with Crippen LogP contribution in [0.1, 0.15) is 12.8 Å². The van der Waals surface area contributed by atoms with Gasteiger partial charge >= 0.3 is 37.7 Å². The Morgan fingerprint density at radius 2 is 1.71 bits per heavy atom. The zero-order valence-electron chi connectivity index (χ0n) is 8.36. The molecule has 1 aliphatic carbocycles. The Kier molecular flexibility index (Phi) is 8.39. The zero-order chi connectivity index (χ0) is 9.14. The average molecular weight is 182 g/mol. The first-order valence-corrected chi connectivity index (χ1v) is 3.71. The molecule has 0 amide bonds. The van der Waals surface area contributed by atoms with Crippen LogP contribution in [-0.4, -0.2) is 11.9 Å². The number of carbonyl (C=O) groups excluding carboxylic acids is 2. The number of aliphatic carboxylic acids is 2. The van der Waals surface area contributed by atoms with E-state index in [1.54, 1.807) is 6.08 Å². The molecule has 0 heterocycles. The van der Waals surface area contributed by atoms with E-state index in [9.17, 15) is 19.8 Å². The monoisotopic (exact) mass is 182 g/mol. The van der Waals surface area contributed by atoms with Gasteiger partial charge in [0, 0.05) is 23.8 Å². The van der Waals surface area contributed by atoms with Crippen molar-refractivity contribution in [2.45, 2.75) is 12.8 Å². The molecule has 2 unspecified atom stereocenters. The second-order valence-corrected chi connectivity index (χ2v) is 2.78. The first-order chi connectivity index (χ1) is 5.63. The number of hydrogen-bond acceptors (Lipinski definition) is 4. The number of carboxylic acids is 2. The molecule has 0 radical (unpaired) electrons. The van der Waals surface area contributed by atoms with Gasteiger partial charge in [0.05, 0.1) is 0 Å². The van der Waals surface area contributed by atoms with E-state index in [0.717, 1.165) is 0 Å². The van der Waals surface area contributed by atoms with Crippen molar-refractivity contribution in [3.8, 4) is 0 Å². The summed E-state index contributed by atoms with van der Waals surface area (Å²) in [5, 5.41) is 20.8. The molecule has 0 aromatic carbocycles. The third kappa shape index (κ3) is 3.94. The minimum atomic E-state index is -1.35. The maximum absolute atomic E-state index is 10.4. The maximum Gasteiger partial charge on any atom is 1.00 e. The molecule has 0 N–H and O–H groups in total. The van der Waals surface area contributed by atoms with Gasteiger partial charge in [-0.2, -0.15) is 0 Å². The van der Waals surface area contributed by atoms with Gasteiger partial charge in [-0.3, -0.25) is 0 Å². The molecule has 66 valence electrons. The SMILES string of the molecule is O=C([O-])C1C=CCCC1C(=O)[O-].[Li+].[Li+]. The molecule has 4 nitrogen and oxygen atoms in total. The summed E-state index contributed by atoms with van der Waals surface area (Å²) in [6.45, 7) is 0. The van der Waals surface area contributed by atoms with E-state index in [1.165, 1.54) is 6.08 Å². The van der Waals surface area contributed by atoms with Crippen molar-refractivity contribution in [1.29, 1.82) is 0 Å². The third-order valence-corrected chi connectivity index (χ3v) is 2.00. The van der Waals surface area contributed by atoms with Crippen LogP contribution in [-0.2, 0) is 9.59 Å². The van der Waals surface area contributed by atoms with Crippen molar-refractivity contribution in [1.82, 2.24) is 0 Å². The van der Waals surface area contributed by atoms with E-state index < -0.39 is 23.8 Å². The first-order valence-electron chi connectivity index (χ1n) is 3.71. The Morgan fingerprint density at radius 1 is 1.14 bits per heavy atom. The Morgan fingerprint density at radius 3 is 2.07 bits per heavy atom. The van der Waals surface area contributed by atoms with Crippen molar-refractivity contribution in [2.75, 3.05) is 0 Å². The molecule has 0 spiro atoms. The summed E-state index contributed by atoms with van der Waals surface area (Å²) in [5.41, 5.74) is 0. The molecule has 0 bridgehead atoms. The van der Waals surface area contributed by atoms with Gasteiger partial charge in [-0.1, -0.05) is 12.2 Å². The van der Waals surface area contributed by atoms with Gasteiger partial charge in [-0.25, -0.2) is 0 Å². The number of allylic oxidation sites excluding steroid dienone is 1. The van der Waals surface area contributed by atoms with Gasteiger partial charge in [0.1, 0.15) is 0 Å². The van der Waals surface area contributed by atoms with Crippen LogP contribution in [0, 0.1) is 11.8 Å². The van der Waals surface area contributed by atoms with Crippen LogP contribution in [0.3, 0.4) is 0 Å². The fourth-order valence-electron chi connectivity index (χ4n) is 1.34. The molecule has 14 heavy (non-hydrogen) atoms. The van der Waals surface area contributed by atoms with Crippen molar-refractivity contribution in [2.24, 2.45) is 11.8 Å². The third-order valence-electron chi connectivity index (χ3n) is 2.00. The van der Waals surface area contributed by atoms with Crippen LogP contribution < -0.4 is 47.9 Å². The number of rotatable bonds is 2. The Bertz CT molecular complexity index is 239. The van der Waals surface area contributed by atoms with Crippen LogP contribution in [0.5, 0.6) is 0 Å². The molecule has 0 aromatic heterocycles. The molecule has 6 heteroatoms. The van der Waals surface area contributed by atoms with Gasteiger partial charge in [-0.15, -0.1) is 0 Å². The second-order valence-electron chi connectivity index (χ2n) is 2.78. The minimum Gasteiger partial charge on any atom is -0.550 e. The predicted octanol–water partition coefficient (Wildman–Crippen LogP) is -7.92. The molecule has 0 fully saturated rings. The second kappa shape index (κ2) is 7.20. The Labute approximate surface area is 106 Å². The van der Waals surface area contributed by atoms with Crippen LogP contribution in [0.4, 0.5) is 0 Å². The summed E-state index contributed by atoms with van der Waals surface area (Å²) in [5.74, 6) is -4.61. The fraction of sp³-hybridized carbons (Fsp3) is 0.500. The predicted molar refractivity (Wildman–Crippen MR) is 35.4 cm³/mol. The van der Waals surface area contributed by atoms with Crippen LogP contribution in [0.25, 0.3) is 0 Å². The number of hydrogen-bond donors (Lipinski definition) is 0. The quantitative estimate of drug-likeness (QED) is 0.313. The van der Waals surface area contributed by atoms with E-state index >= 15 is 0 Å². The van der Waals surface area contributed by atoms with E-state index in [1.807, 2.05) is 0 Å². The van der Waals surface area contributed by atoms with E-state index in [2.05, 4.69) is 0 Å². The molecule has 0 aromatic rings. The number of carboxylic acid groups (broad SMARTS) is 2. The largest absolute Gasteiger partial charge is 1.00 e. The molecule has 0 saturated carbocycles. The summed E-state index contributed by atoms with van der Waals surface area (Å²) in [6, 6.07) is 0. The average Bonchev–Trinajstić information content (AvgIpc) is 2.04. The first kappa shape index (κ1) is 16.3. The van der Waals surface area contributed by atoms with Gasteiger partial charge < -0.3 is 19.8 Å². The van der Waals surface area contributed by atoms with Crippen molar-refractivity contribution in [3.05, 3.63) is 12.2 Å².